The molecule has 1 aliphatic rings. The van der Waals surface area contributed by atoms with E-state index < -0.39 is 0 Å². The van der Waals surface area contributed by atoms with Crippen LogP contribution in [0, 0.1) is 0 Å². The first-order chi connectivity index (χ1) is 14.3. The molecule has 1 fully saturated rings. The lowest BCUT2D eigenvalue weighted by molar-refractivity contribution is 0.789. The van der Waals surface area contributed by atoms with Gasteiger partial charge in [0.05, 0.1) is 17.9 Å². The fourth-order valence-electron chi connectivity index (χ4n) is 3.32. The lowest BCUT2D eigenvalue weighted by Gasteiger charge is -2.15. The average Bonchev–Trinajstić information content (AvgIpc) is 3.28. The first kappa shape index (κ1) is 17.4. The summed E-state index contributed by atoms with van der Waals surface area (Å²) in [7, 11) is 0. The van der Waals surface area contributed by atoms with Crippen LogP contribution in [-0.2, 0) is 0 Å². The van der Waals surface area contributed by atoms with Crippen molar-refractivity contribution < 1.29 is 0 Å². The molecule has 5 rings (SSSR count). The average molecular weight is 385 g/mol. The first-order valence-electron chi connectivity index (χ1n) is 9.44. The molecule has 4 aromatic heterocycles. The van der Waals surface area contributed by atoms with Gasteiger partial charge < -0.3 is 16.0 Å². The summed E-state index contributed by atoms with van der Waals surface area (Å²) in [6.45, 7) is 1.93. The van der Waals surface area contributed by atoms with Crippen LogP contribution < -0.4 is 16.0 Å². The van der Waals surface area contributed by atoms with E-state index in [4.69, 9.17) is 9.97 Å². The number of pyridine rings is 2. The summed E-state index contributed by atoms with van der Waals surface area (Å²) < 4.78 is 0. The smallest absolute Gasteiger partial charge is 0.162 e. The molecule has 5 heterocycles. The molecule has 0 aromatic carbocycles. The highest BCUT2D eigenvalue weighted by molar-refractivity contribution is 5.90. The Labute approximate surface area is 167 Å². The third-order valence-corrected chi connectivity index (χ3v) is 4.74. The van der Waals surface area contributed by atoms with E-state index in [0.29, 0.717) is 23.5 Å². The molecule has 3 N–H and O–H groups in total. The molecule has 9 nitrogen and oxygen atoms in total. The van der Waals surface area contributed by atoms with Crippen molar-refractivity contribution in [1.29, 1.82) is 0 Å². The second kappa shape index (κ2) is 7.72. The van der Waals surface area contributed by atoms with E-state index in [1.54, 1.807) is 37.2 Å². The van der Waals surface area contributed by atoms with E-state index >= 15 is 0 Å². The topological polar surface area (TPSA) is 113 Å². The Morgan fingerprint density at radius 2 is 1.86 bits per heavy atom. The Morgan fingerprint density at radius 3 is 2.72 bits per heavy atom. The number of anilines is 3. The molecule has 4 aromatic rings. The number of aromatic nitrogens is 6. The number of nitrogens with zero attached hydrogens (tertiary/aromatic N) is 6. The van der Waals surface area contributed by atoms with E-state index in [9.17, 15) is 0 Å². The standard InChI is InChI=1S/C20H19N9/c1-6-24-17(28-18-12-23-7-8-25-18)9-13(1)19-27-16-11-22-5-3-15(16)20(29-19)26-14-2-4-21-10-14/h1,3,5-9,11-12,14,21H,2,4,10H2,(H,24,25,28)(H,26,27,29)/t14-/m1/s1. The van der Waals surface area contributed by atoms with E-state index in [1.807, 2.05) is 18.2 Å². The predicted molar refractivity (Wildman–Crippen MR) is 111 cm³/mol. The first-order valence-corrected chi connectivity index (χ1v) is 9.44. The largest absolute Gasteiger partial charge is 0.365 e. The molecule has 1 saturated heterocycles. The van der Waals surface area contributed by atoms with Crippen molar-refractivity contribution in [1.82, 2.24) is 35.2 Å². The summed E-state index contributed by atoms with van der Waals surface area (Å²) in [4.78, 5) is 26.4. The highest BCUT2D eigenvalue weighted by atomic mass is 15.1. The lowest BCUT2D eigenvalue weighted by Crippen LogP contribution is -2.23. The van der Waals surface area contributed by atoms with Gasteiger partial charge in [-0.2, -0.15) is 0 Å². The van der Waals surface area contributed by atoms with E-state index in [0.717, 1.165) is 41.8 Å². The van der Waals surface area contributed by atoms with Crippen molar-refractivity contribution >= 4 is 28.4 Å². The van der Waals surface area contributed by atoms with Crippen LogP contribution in [-0.4, -0.2) is 49.0 Å². The van der Waals surface area contributed by atoms with Gasteiger partial charge in [0.15, 0.2) is 5.82 Å². The summed E-state index contributed by atoms with van der Waals surface area (Å²) in [6.07, 6.45) is 11.2. The Hall–Kier alpha value is -3.72. The van der Waals surface area contributed by atoms with Crippen LogP contribution in [0.5, 0.6) is 0 Å². The van der Waals surface area contributed by atoms with Crippen molar-refractivity contribution in [2.45, 2.75) is 12.5 Å². The second-order valence-corrected chi connectivity index (χ2v) is 6.77. The van der Waals surface area contributed by atoms with Crippen LogP contribution in [0.25, 0.3) is 22.3 Å². The zero-order chi connectivity index (χ0) is 19.5. The molecule has 1 aliphatic heterocycles. The van der Waals surface area contributed by atoms with Gasteiger partial charge in [-0.3, -0.25) is 9.97 Å². The van der Waals surface area contributed by atoms with Gasteiger partial charge in [-0.15, -0.1) is 0 Å². The summed E-state index contributed by atoms with van der Waals surface area (Å²) in [6, 6.07) is 6.07. The molecule has 144 valence electrons. The van der Waals surface area contributed by atoms with Crippen molar-refractivity contribution in [2.75, 3.05) is 23.7 Å². The van der Waals surface area contributed by atoms with Gasteiger partial charge in [0, 0.05) is 48.3 Å². The molecule has 0 radical (unpaired) electrons. The zero-order valence-corrected chi connectivity index (χ0v) is 15.6. The maximum absolute atomic E-state index is 4.82. The summed E-state index contributed by atoms with van der Waals surface area (Å²) >= 11 is 0. The van der Waals surface area contributed by atoms with Crippen LogP contribution in [0.1, 0.15) is 6.42 Å². The second-order valence-electron chi connectivity index (χ2n) is 6.77. The molecule has 9 heteroatoms. The quantitative estimate of drug-likeness (QED) is 0.476. The van der Waals surface area contributed by atoms with Gasteiger partial charge in [-0.1, -0.05) is 0 Å². The van der Waals surface area contributed by atoms with Crippen LogP contribution in [0.15, 0.2) is 55.4 Å². The monoisotopic (exact) mass is 385 g/mol. The van der Waals surface area contributed by atoms with Gasteiger partial charge in [-0.25, -0.2) is 19.9 Å². The molecule has 0 amide bonds. The Balaban J connectivity index is 1.52. The van der Waals surface area contributed by atoms with E-state index in [-0.39, 0.29) is 0 Å². The van der Waals surface area contributed by atoms with Crippen molar-refractivity contribution in [3.8, 4) is 11.4 Å². The highest BCUT2D eigenvalue weighted by Crippen LogP contribution is 2.26. The predicted octanol–water partition coefficient (Wildman–Crippen LogP) is 2.39. The lowest BCUT2D eigenvalue weighted by atomic mass is 10.2. The third-order valence-electron chi connectivity index (χ3n) is 4.74. The molecular weight excluding hydrogens is 366 g/mol. The summed E-state index contributed by atoms with van der Waals surface area (Å²) in [5.74, 6) is 2.70. The Kier molecular flexibility index (Phi) is 4.63. The minimum atomic E-state index is 0.348. The number of hydrogen-bond acceptors (Lipinski definition) is 9. The Bertz CT molecular complexity index is 1130. The Morgan fingerprint density at radius 1 is 0.931 bits per heavy atom. The van der Waals surface area contributed by atoms with Crippen LogP contribution in [0.3, 0.4) is 0 Å². The van der Waals surface area contributed by atoms with Crippen molar-refractivity contribution in [3.05, 3.63) is 55.4 Å². The normalized spacial score (nSPS) is 16.1. The number of hydrogen-bond donors (Lipinski definition) is 3. The highest BCUT2D eigenvalue weighted by Gasteiger charge is 2.17. The molecule has 0 aliphatic carbocycles. The van der Waals surface area contributed by atoms with Gasteiger partial charge in [0.2, 0.25) is 0 Å². The maximum atomic E-state index is 4.82. The van der Waals surface area contributed by atoms with Gasteiger partial charge in [0.1, 0.15) is 17.5 Å². The van der Waals surface area contributed by atoms with Gasteiger partial charge >= 0.3 is 0 Å². The number of rotatable bonds is 5. The SMILES string of the molecule is c1cnc(Nc2cc(-c3nc(N[C@@H]4CCNC4)c4ccncc4n3)ccn2)cn1. The third kappa shape index (κ3) is 3.81. The van der Waals surface area contributed by atoms with Crippen LogP contribution in [0.4, 0.5) is 17.5 Å². The van der Waals surface area contributed by atoms with Crippen molar-refractivity contribution in [2.24, 2.45) is 0 Å². The summed E-state index contributed by atoms with van der Waals surface area (Å²) in [5.41, 5.74) is 1.65. The number of fused-ring (bicyclic) bond motifs is 1. The van der Waals surface area contributed by atoms with Crippen molar-refractivity contribution in [3.63, 3.8) is 0 Å². The minimum absolute atomic E-state index is 0.348. The van der Waals surface area contributed by atoms with Gasteiger partial charge in [0.25, 0.3) is 0 Å². The molecule has 29 heavy (non-hydrogen) atoms. The maximum Gasteiger partial charge on any atom is 0.162 e. The fourth-order valence-corrected chi connectivity index (χ4v) is 3.32. The minimum Gasteiger partial charge on any atom is -0.365 e. The molecule has 0 spiro atoms. The number of nitrogens with one attached hydrogen (secondary N) is 3. The summed E-state index contributed by atoms with van der Waals surface area (Å²) in [5, 5.41) is 11.0. The van der Waals surface area contributed by atoms with Gasteiger partial charge in [-0.05, 0) is 31.2 Å². The molecule has 0 saturated carbocycles. The molecule has 0 unspecified atom stereocenters. The van der Waals surface area contributed by atoms with Crippen LogP contribution in [0.2, 0.25) is 0 Å². The molecule has 0 bridgehead atoms. The fraction of sp³-hybridized carbons (Fsp3) is 0.200. The molecular formula is C20H19N9. The van der Waals surface area contributed by atoms with Crippen LogP contribution >= 0.6 is 0 Å². The van der Waals surface area contributed by atoms with E-state index in [1.165, 1.54) is 0 Å². The zero-order valence-electron chi connectivity index (χ0n) is 15.6. The molecule has 1 atom stereocenters. The van der Waals surface area contributed by atoms with E-state index in [2.05, 4.69) is 35.9 Å².